The molecule has 1 aromatic rings. The predicted octanol–water partition coefficient (Wildman–Crippen LogP) is 3.71. The second kappa shape index (κ2) is 6.75. The van der Waals surface area contributed by atoms with E-state index in [1.165, 1.54) is 18.4 Å². The Bertz CT molecular complexity index is 585. The molecular weight excluding hydrogens is 302 g/mol. The second-order valence-corrected chi connectivity index (χ2v) is 7.39. The number of ether oxygens (including phenoxy) is 2. The zero-order valence-corrected chi connectivity index (χ0v) is 14.4. The first kappa shape index (κ1) is 15.9. The van der Waals surface area contributed by atoms with Crippen molar-refractivity contribution in [1.29, 1.82) is 0 Å². The van der Waals surface area contributed by atoms with Crippen LogP contribution in [0.3, 0.4) is 0 Å². The van der Waals surface area contributed by atoms with Crippen LogP contribution in [0.4, 0.5) is 0 Å². The Kier molecular flexibility index (Phi) is 4.49. The molecule has 0 saturated carbocycles. The van der Waals surface area contributed by atoms with Crippen LogP contribution >= 0.6 is 0 Å². The molecule has 3 aliphatic heterocycles. The second-order valence-electron chi connectivity index (χ2n) is 7.39. The summed E-state index contributed by atoms with van der Waals surface area (Å²) in [6, 6.07) is 8.44. The highest BCUT2D eigenvalue weighted by molar-refractivity contribution is 5.80. The Labute approximate surface area is 144 Å². The summed E-state index contributed by atoms with van der Waals surface area (Å²) in [6.45, 7) is 0.878. The van der Waals surface area contributed by atoms with Crippen LogP contribution in [0.2, 0.25) is 0 Å². The van der Waals surface area contributed by atoms with E-state index in [9.17, 15) is 4.79 Å². The van der Waals surface area contributed by atoms with E-state index < -0.39 is 0 Å². The zero-order valence-electron chi connectivity index (χ0n) is 14.4. The molecule has 4 rings (SSSR count). The van der Waals surface area contributed by atoms with Crippen LogP contribution in [0.15, 0.2) is 24.3 Å². The summed E-state index contributed by atoms with van der Waals surface area (Å²) in [7, 11) is 1.69. The number of likely N-dealkylation sites (tertiary alicyclic amines) is 1. The van der Waals surface area contributed by atoms with Gasteiger partial charge >= 0.3 is 0 Å². The quantitative estimate of drug-likeness (QED) is 0.848. The van der Waals surface area contributed by atoms with Gasteiger partial charge in [0.1, 0.15) is 5.75 Å². The van der Waals surface area contributed by atoms with Crippen molar-refractivity contribution in [1.82, 2.24) is 4.90 Å². The molecule has 0 aliphatic carbocycles. The van der Waals surface area contributed by atoms with Gasteiger partial charge in [-0.1, -0.05) is 25.0 Å². The minimum atomic E-state index is 0.0857. The summed E-state index contributed by atoms with van der Waals surface area (Å²) in [5.74, 6) is 1.28. The number of carbonyl (C=O) groups excluding carboxylic acids is 1. The average Bonchev–Trinajstić information content (AvgIpc) is 3.17. The van der Waals surface area contributed by atoms with Crippen molar-refractivity contribution in [2.24, 2.45) is 5.92 Å². The summed E-state index contributed by atoms with van der Waals surface area (Å²) in [4.78, 5) is 15.4. The third-order valence-corrected chi connectivity index (χ3v) is 5.96. The number of nitrogens with zero attached hydrogens (tertiary/aromatic N) is 1. The number of amides is 1. The first-order valence-corrected chi connectivity index (χ1v) is 9.36. The molecule has 0 spiro atoms. The number of fused-ring (bicyclic) bond motifs is 2. The molecule has 3 heterocycles. The van der Waals surface area contributed by atoms with Gasteiger partial charge < -0.3 is 14.4 Å². The average molecular weight is 329 g/mol. The van der Waals surface area contributed by atoms with Gasteiger partial charge in [0, 0.05) is 6.54 Å². The van der Waals surface area contributed by atoms with Gasteiger partial charge in [0.05, 0.1) is 31.3 Å². The van der Waals surface area contributed by atoms with Crippen LogP contribution in [-0.2, 0) is 9.53 Å². The van der Waals surface area contributed by atoms with E-state index in [0.29, 0.717) is 12.0 Å². The van der Waals surface area contributed by atoms with Gasteiger partial charge in [0.2, 0.25) is 5.91 Å². The van der Waals surface area contributed by atoms with Gasteiger partial charge in [-0.05, 0) is 49.8 Å². The van der Waals surface area contributed by atoms with Crippen LogP contribution in [-0.4, -0.2) is 36.7 Å². The van der Waals surface area contributed by atoms with Crippen molar-refractivity contribution in [2.45, 2.75) is 63.2 Å². The Morgan fingerprint density at radius 2 is 1.96 bits per heavy atom. The molecule has 4 nitrogen and oxygen atoms in total. The van der Waals surface area contributed by atoms with E-state index in [1.54, 1.807) is 7.11 Å². The van der Waals surface area contributed by atoms with E-state index in [-0.39, 0.29) is 18.1 Å². The molecule has 0 aromatic heterocycles. The first-order valence-electron chi connectivity index (χ1n) is 9.36. The fraction of sp³-hybridized carbons (Fsp3) is 0.650. The Morgan fingerprint density at radius 1 is 1.12 bits per heavy atom. The van der Waals surface area contributed by atoms with Crippen molar-refractivity contribution >= 4 is 5.91 Å². The van der Waals surface area contributed by atoms with Crippen molar-refractivity contribution in [3.05, 3.63) is 29.8 Å². The van der Waals surface area contributed by atoms with E-state index in [0.717, 1.165) is 44.4 Å². The van der Waals surface area contributed by atoms with Crippen LogP contribution in [0, 0.1) is 5.92 Å². The van der Waals surface area contributed by atoms with E-state index in [1.807, 2.05) is 12.1 Å². The van der Waals surface area contributed by atoms with Crippen molar-refractivity contribution < 1.29 is 14.3 Å². The Hall–Kier alpha value is -1.55. The van der Waals surface area contributed by atoms with Gasteiger partial charge in [0.15, 0.2) is 0 Å². The predicted molar refractivity (Wildman–Crippen MR) is 91.9 cm³/mol. The van der Waals surface area contributed by atoms with Crippen molar-refractivity contribution in [3.63, 3.8) is 0 Å². The molecule has 3 saturated heterocycles. The van der Waals surface area contributed by atoms with Crippen LogP contribution in [0.25, 0.3) is 0 Å². The standard InChI is InChI=1S/C20H27NO3/c1-23-15-8-6-14(7-9-15)18-5-3-2-4-12-21(18)20(22)17-13-16-10-11-19(17)24-16/h6-9,16-19H,2-5,10-13H2,1H3/t16-,17-,18+,19-/m1/s1. The summed E-state index contributed by atoms with van der Waals surface area (Å²) >= 11 is 0. The minimum Gasteiger partial charge on any atom is -0.497 e. The summed E-state index contributed by atoms with van der Waals surface area (Å²) < 4.78 is 11.2. The Morgan fingerprint density at radius 3 is 2.62 bits per heavy atom. The molecule has 0 N–H and O–H groups in total. The highest BCUT2D eigenvalue weighted by Gasteiger charge is 2.46. The lowest BCUT2D eigenvalue weighted by molar-refractivity contribution is -0.139. The van der Waals surface area contributed by atoms with Crippen LogP contribution < -0.4 is 4.74 Å². The maximum Gasteiger partial charge on any atom is 0.228 e. The summed E-state index contributed by atoms with van der Waals surface area (Å²) in [5, 5.41) is 0. The lowest BCUT2D eigenvalue weighted by Gasteiger charge is -2.34. The molecule has 3 aliphatic rings. The maximum absolute atomic E-state index is 13.3. The SMILES string of the molecule is COc1ccc([C@@H]2CCCCCN2C(=O)[C@@H]2C[C@H]3CC[C@H]2O3)cc1. The highest BCUT2D eigenvalue weighted by Crippen LogP contribution is 2.41. The maximum atomic E-state index is 13.3. The lowest BCUT2D eigenvalue weighted by Crippen LogP contribution is -2.42. The van der Waals surface area contributed by atoms with Gasteiger partial charge in [-0.15, -0.1) is 0 Å². The molecule has 24 heavy (non-hydrogen) atoms. The minimum absolute atomic E-state index is 0.0857. The number of methoxy groups -OCH3 is 1. The van der Waals surface area contributed by atoms with Gasteiger partial charge in [0.25, 0.3) is 0 Å². The number of benzene rings is 1. The molecule has 1 aromatic carbocycles. The van der Waals surface area contributed by atoms with Gasteiger partial charge in [-0.2, -0.15) is 0 Å². The molecule has 130 valence electrons. The normalized spacial score (nSPS) is 32.6. The molecule has 4 heteroatoms. The fourth-order valence-electron chi connectivity index (χ4n) is 4.66. The number of hydrogen-bond acceptors (Lipinski definition) is 3. The largest absolute Gasteiger partial charge is 0.497 e. The fourth-order valence-corrected chi connectivity index (χ4v) is 4.66. The molecule has 4 atom stereocenters. The third kappa shape index (κ3) is 2.92. The third-order valence-electron chi connectivity index (χ3n) is 5.96. The first-order chi connectivity index (χ1) is 11.8. The van der Waals surface area contributed by atoms with Gasteiger partial charge in [-0.3, -0.25) is 4.79 Å². The van der Waals surface area contributed by atoms with Crippen LogP contribution in [0.1, 0.15) is 56.6 Å². The molecule has 0 unspecified atom stereocenters. The summed E-state index contributed by atoms with van der Waals surface area (Å²) in [6.07, 6.45) is 8.18. The molecule has 3 fully saturated rings. The highest BCUT2D eigenvalue weighted by atomic mass is 16.5. The number of rotatable bonds is 3. The van der Waals surface area contributed by atoms with Crippen LogP contribution in [0.5, 0.6) is 5.75 Å². The summed E-state index contributed by atoms with van der Waals surface area (Å²) in [5.41, 5.74) is 1.23. The molecule has 1 amide bonds. The van der Waals surface area contributed by atoms with Crippen molar-refractivity contribution in [3.8, 4) is 5.75 Å². The molecular formula is C20H27NO3. The van der Waals surface area contributed by atoms with E-state index in [4.69, 9.17) is 9.47 Å². The van der Waals surface area contributed by atoms with Gasteiger partial charge in [-0.25, -0.2) is 0 Å². The number of carbonyl (C=O) groups is 1. The monoisotopic (exact) mass is 329 g/mol. The molecule has 0 radical (unpaired) electrons. The lowest BCUT2D eigenvalue weighted by atomic mass is 9.87. The topological polar surface area (TPSA) is 38.8 Å². The van der Waals surface area contributed by atoms with Crippen molar-refractivity contribution in [2.75, 3.05) is 13.7 Å². The number of hydrogen-bond donors (Lipinski definition) is 0. The van der Waals surface area contributed by atoms with E-state index in [2.05, 4.69) is 17.0 Å². The smallest absolute Gasteiger partial charge is 0.228 e. The van der Waals surface area contributed by atoms with E-state index >= 15 is 0 Å². The molecule has 2 bridgehead atoms. The Balaban J connectivity index is 1.56. The zero-order chi connectivity index (χ0) is 16.5.